The van der Waals surface area contributed by atoms with Gasteiger partial charge < -0.3 is 0 Å². The summed E-state index contributed by atoms with van der Waals surface area (Å²) in [7, 11) is -4.25. The normalized spacial score (nSPS) is 13.1. The van der Waals surface area contributed by atoms with Crippen LogP contribution in [0.5, 0.6) is 0 Å². The van der Waals surface area contributed by atoms with Crippen LogP contribution < -0.4 is 5.14 Å². The molecule has 0 radical (unpaired) electrons. The molecular formula is C4H6F3NO2S. The Kier molecular flexibility index (Phi) is 2.68. The van der Waals surface area contributed by atoms with Gasteiger partial charge in [0, 0.05) is 0 Å². The van der Waals surface area contributed by atoms with E-state index in [9.17, 15) is 21.6 Å². The third-order valence-electron chi connectivity index (χ3n) is 0.800. The van der Waals surface area contributed by atoms with Gasteiger partial charge in [-0.2, -0.15) is 13.2 Å². The van der Waals surface area contributed by atoms with Gasteiger partial charge in [0.05, 0.1) is 11.3 Å². The van der Waals surface area contributed by atoms with E-state index >= 15 is 0 Å². The molecule has 0 amide bonds. The van der Waals surface area contributed by atoms with Crippen molar-refractivity contribution in [3.63, 3.8) is 0 Å². The van der Waals surface area contributed by atoms with Crippen LogP contribution in [0, 0.1) is 0 Å². The fourth-order valence-corrected chi connectivity index (χ4v) is 0.689. The zero-order chi connectivity index (χ0) is 9.28. The molecule has 2 N–H and O–H groups in total. The van der Waals surface area contributed by atoms with Gasteiger partial charge in [-0.25, -0.2) is 13.6 Å². The van der Waals surface area contributed by atoms with Crippen LogP contribution in [0.2, 0.25) is 0 Å². The number of halogens is 3. The summed E-state index contributed by atoms with van der Waals surface area (Å²) < 4.78 is 54.7. The van der Waals surface area contributed by atoms with Gasteiger partial charge in [-0.15, -0.1) is 0 Å². The number of alkyl halides is 3. The van der Waals surface area contributed by atoms with E-state index in [-0.39, 0.29) is 0 Å². The zero-order valence-electron chi connectivity index (χ0n) is 5.35. The molecule has 0 aromatic carbocycles. The van der Waals surface area contributed by atoms with Gasteiger partial charge in [-0.1, -0.05) is 6.58 Å². The second kappa shape index (κ2) is 2.82. The fraction of sp³-hybridized carbons (Fsp3) is 0.500. The van der Waals surface area contributed by atoms with Crippen LogP contribution in [-0.4, -0.2) is 14.6 Å². The molecule has 11 heavy (non-hydrogen) atoms. The molecule has 0 aliphatic rings. The van der Waals surface area contributed by atoms with Gasteiger partial charge in [-0.05, 0) is 0 Å². The highest BCUT2D eigenvalue weighted by Crippen LogP contribution is 2.24. The van der Waals surface area contributed by atoms with Crippen LogP contribution in [0.25, 0.3) is 0 Å². The van der Waals surface area contributed by atoms with E-state index in [1.54, 1.807) is 0 Å². The first kappa shape index (κ1) is 10.4. The van der Waals surface area contributed by atoms with Crippen molar-refractivity contribution in [1.29, 1.82) is 0 Å². The van der Waals surface area contributed by atoms with Crippen LogP contribution in [0.1, 0.15) is 6.42 Å². The summed E-state index contributed by atoms with van der Waals surface area (Å²) in [6.45, 7) is 2.68. The fourth-order valence-electron chi connectivity index (χ4n) is 0.324. The molecule has 0 saturated carbocycles. The van der Waals surface area contributed by atoms with Crippen molar-refractivity contribution in [1.82, 2.24) is 0 Å². The first-order valence-corrected chi connectivity index (χ1v) is 3.95. The number of nitrogens with two attached hydrogens (primary N) is 1. The predicted octanol–water partition coefficient (Wildman–Crippen LogP) is 0.741. The molecule has 7 heteroatoms. The molecule has 0 unspecified atom stereocenters. The number of allylic oxidation sites excluding steroid dienone is 1. The molecular weight excluding hydrogens is 183 g/mol. The van der Waals surface area contributed by atoms with Gasteiger partial charge in [0.15, 0.2) is 0 Å². The van der Waals surface area contributed by atoms with Crippen molar-refractivity contribution in [2.24, 2.45) is 5.14 Å². The number of hydrogen-bond donors (Lipinski definition) is 1. The zero-order valence-corrected chi connectivity index (χ0v) is 6.17. The Morgan fingerprint density at radius 3 is 1.91 bits per heavy atom. The third-order valence-corrected chi connectivity index (χ3v) is 1.75. The number of primary sulfonamides is 1. The van der Waals surface area contributed by atoms with Crippen molar-refractivity contribution in [3.05, 3.63) is 11.5 Å². The molecule has 3 nitrogen and oxygen atoms in total. The van der Waals surface area contributed by atoms with Crippen LogP contribution >= 0.6 is 0 Å². The average Bonchev–Trinajstić information content (AvgIpc) is 1.56. The molecule has 0 bridgehead atoms. The molecule has 66 valence electrons. The van der Waals surface area contributed by atoms with Crippen LogP contribution in [0.15, 0.2) is 11.5 Å². The van der Waals surface area contributed by atoms with Crippen molar-refractivity contribution in [2.75, 3.05) is 0 Å². The summed E-state index contributed by atoms with van der Waals surface area (Å²) in [6, 6.07) is 0. The second-order valence-corrected chi connectivity index (χ2v) is 3.54. The summed E-state index contributed by atoms with van der Waals surface area (Å²) >= 11 is 0. The minimum atomic E-state index is -4.58. The lowest BCUT2D eigenvalue weighted by Crippen LogP contribution is -2.19. The van der Waals surface area contributed by atoms with E-state index < -0.39 is 27.5 Å². The van der Waals surface area contributed by atoms with Gasteiger partial charge in [0.2, 0.25) is 10.0 Å². The maximum atomic E-state index is 11.5. The topological polar surface area (TPSA) is 60.2 Å². The quantitative estimate of drug-likeness (QED) is 0.696. The van der Waals surface area contributed by atoms with E-state index in [1.165, 1.54) is 0 Å². The molecule has 0 aromatic rings. The summed E-state index contributed by atoms with van der Waals surface area (Å²) in [6.07, 6.45) is -6.17. The minimum absolute atomic E-state index is 1.02. The van der Waals surface area contributed by atoms with E-state index in [0.29, 0.717) is 0 Å². The molecule has 0 spiro atoms. The number of rotatable bonds is 2. The van der Waals surface area contributed by atoms with Gasteiger partial charge in [0.25, 0.3) is 0 Å². The van der Waals surface area contributed by atoms with Crippen molar-refractivity contribution in [3.8, 4) is 0 Å². The summed E-state index contributed by atoms with van der Waals surface area (Å²) in [5, 5.41) is 4.36. The van der Waals surface area contributed by atoms with Gasteiger partial charge in [0.1, 0.15) is 0 Å². The summed E-state index contributed by atoms with van der Waals surface area (Å²) in [4.78, 5) is -1.02. The monoisotopic (exact) mass is 189 g/mol. The Hall–Kier alpha value is -0.560. The Balaban J connectivity index is 4.35. The van der Waals surface area contributed by atoms with Gasteiger partial charge >= 0.3 is 6.18 Å². The van der Waals surface area contributed by atoms with Crippen LogP contribution in [-0.2, 0) is 10.0 Å². The lowest BCUT2D eigenvalue weighted by molar-refractivity contribution is -0.125. The second-order valence-electron chi connectivity index (χ2n) is 1.88. The standard InChI is InChI=1S/C4H6F3NO2S/c1-3(11(8,9)10)2-4(5,6)7/h1-2H2,(H2,8,9,10). The van der Waals surface area contributed by atoms with Crippen molar-refractivity contribution < 1.29 is 21.6 Å². The highest BCUT2D eigenvalue weighted by atomic mass is 32.2. The predicted molar refractivity (Wildman–Crippen MR) is 32.9 cm³/mol. The van der Waals surface area contributed by atoms with Crippen molar-refractivity contribution in [2.45, 2.75) is 12.6 Å². The molecule has 0 rings (SSSR count). The molecule has 0 aromatic heterocycles. The SMILES string of the molecule is C=C(CC(F)(F)F)S(N)(=O)=O. The Bertz CT molecular complexity index is 253. The number of hydrogen-bond acceptors (Lipinski definition) is 2. The summed E-state index contributed by atoms with van der Waals surface area (Å²) in [5.41, 5.74) is 0. The smallest absolute Gasteiger partial charge is 0.225 e. The maximum Gasteiger partial charge on any atom is 0.393 e. The molecule has 0 fully saturated rings. The third kappa shape index (κ3) is 4.79. The first-order chi connectivity index (χ1) is 4.63. The molecule has 0 saturated heterocycles. The first-order valence-electron chi connectivity index (χ1n) is 2.40. The van der Waals surface area contributed by atoms with Crippen LogP contribution in [0.3, 0.4) is 0 Å². The van der Waals surface area contributed by atoms with Crippen molar-refractivity contribution >= 4 is 10.0 Å². The maximum absolute atomic E-state index is 11.5. The highest BCUT2D eigenvalue weighted by Gasteiger charge is 2.31. The Morgan fingerprint density at radius 2 is 1.82 bits per heavy atom. The average molecular weight is 189 g/mol. The minimum Gasteiger partial charge on any atom is -0.225 e. The Labute approximate surface area is 61.7 Å². The van der Waals surface area contributed by atoms with E-state index in [2.05, 4.69) is 11.7 Å². The van der Waals surface area contributed by atoms with Crippen LogP contribution in [0.4, 0.5) is 13.2 Å². The largest absolute Gasteiger partial charge is 0.393 e. The number of sulfonamides is 1. The molecule has 0 aliphatic heterocycles. The molecule has 0 aliphatic carbocycles. The van der Waals surface area contributed by atoms with E-state index in [4.69, 9.17) is 0 Å². The Morgan fingerprint density at radius 1 is 1.45 bits per heavy atom. The highest BCUT2D eigenvalue weighted by molar-refractivity contribution is 7.93. The summed E-state index contributed by atoms with van der Waals surface area (Å²) in [5.74, 6) is 0. The molecule has 0 heterocycles. The van der Waals surface area contributed by atoms with E-state index in [1.807, 2.05) is 0 Å². The lowest BCUT2D eigenvalue weighted by atomic mass is 10.4. The van der Waals surface area contributed by atoms with E-state index in [0.717, 1.165) is 0 Å². The molecule has 0 atom stereocenters. The lowest BCUT2D eigenvalue weighted by Gasteiger charge is -2.05. The van der Waals surface area contributed by atoms with Gasteiger partial charge in [-0.3, -0.25) is 0 Å².